The van der Waals surface area contributed by atoms with Crippen LogP contribution in [0.25, 0.3) is 0 Å². The zero-order valence-electron chi connectivity index (χ0n) is 36.1. The molecule has 1 aromatic heterocycles. The first-order valence-electron chi connectivity index (χ1n) is 19.9. The molecule has 15 heteroatoms. The van der Waals surface area contributed by atoms with Crippen LogP contribution in [0.2, 0.25) is 0 Å². The van der Waals surface area contributed by atoms with Crippen LogP contribution in [0.15, 0.2) is 72.8 Å². The van der Waals surface area contributed by atoms with Crippen LogP contribution in [-0.2, 0) is 39.4 Å². The molecule has 0 unspecified atom stereocenters. The quantitative estimate of drug-likeness (QED) is 0.123. The Balaban J connectivity index is 1.62. The molecular weight excluding hydrogens is 755 g/mol. The summed E-state index contributed by atoms with van der Waals surface area (Å²) in [6.45, 7) is 15.3. The summed E-state index contributed by atoms with van der Waals surface area (Å²) < 4.78 is 10.1. The van der Waals surface area contributed by atoms with Gasteiger partial charge in [0, 0.05) is 26.2 Å². The Morgan fingerprint density at radius 1 is 0.831 bits per heavy atom. The lowest BCUT2D eigenvalue weighted by Gasteiger charge is -2.38. The van der Waals surface area contributed by atoms with Crippen LogP contribution in [-0.4, -0.2) is 112 Å². The number of aromatic nitrogens is 1. The largest absolute Gasteiger partial charge is 0.497 e. The number of nitrogens with one attached hydrogen (secondary N) is 3. The van der Waals surface area contributed by atoms with Crippen molar-refractivity contribution in [3.63, 3.8) is 0 Å². The van der Waals surface area contributed by atoms with E-state index in [-0.39, 0.29) is 32.1 Å². The van der Waals surface area contributed by atoms with E-state index in [0.29, 0.717) is 30.2 Å². The first-order valence-corrected chi connectivity index (χ1v) is 19.9. The summed E-state index contributed by atoms with van der Waals surface area (Å²) in [6.07, 6.45) is -1.76. The lowest BCUT2D eigenvalue weighted by atomic mass is 9.84. The second-order valence-corrected chi connectivity index (χ2v) is 17.8. The number of hydrogen-bond donors (Lipinski definition) is 5. The molecule has 0 aliphatic carbocycles. The van der Waals surface area contributed by atoms with Gasteiger partial charge < -0.3 is 40.1 Å². The van der Waals surface area contributed by atoms with Crippen LogP contribution < -0.4 is 20.8 Å². The maximum atomic E-state index is 14.6. The van der Waals surface area contributed by atoms with E-state index in [2.05, 4.69) is 21.0 Å². The van der Waals surface area contributed by atoms with Gasteiger partial charge in [0.15, 0.2) is 0 Å². The van der Waals surface area contributed by atoms with Crippen molar-refractivity contribution >= 4 is 23.9 Å². The van der Waals surface area contributed by atoms with Crippen molar-refractivity contribution < 1.29 is 38.9 Å². The highest BCUT2D eigenvalue weighted by atomic mass is 16.5. The number of carbonyl (C=O) groups is 4. The van der Waals surface area contributed by atoms with E-state index in [0.717, 1.165) is 11.1 Å². The summed E-state index contributed by atoms with van der Waals surface area (Å²) in [4.78, 5) is 62.6. The number of methoxy groups -OCH3 is 2. The number of alkyl carbamates (subject to hydrolysis) is 1. The van der Waals surface area contributed by atoms with Gasteiger partial charge in [-0.1, -0.05) is 90.1 Å². The van der Waals surface area contributed by atoms with Gasteiger partial charge in [0.1, 0.15) is 23.4 Å². The molecule has 4 rings (SSSR count). The van der Waals surface area contributed by atoms with Crippen molar-refractivity contribution in [2.24, 2.45) is 10.8 Å². The summed E-state index contributed by atoms with van der Waals surface area (Å²) in [5.41, 5.74) is 3.09. The van der Waals surface area contributed by atoms with Crippen molar-refractivity contribution in [2.45, 2.75) is 105 Å². The Labute approximate surface area is 348 Å². The molecule has 0 bridgehead atoms. The van der Waals surface area contributed by atoms with Gasteiger partial charge in [-0.3, -0.25) is 20.0 Å². The van der Waals surface area contributed by atoms with Gasteiger partial charge in [0.25, 0.3) is 5.91 Å². The minimum atomic E-state index is -1.24. The highest BCUT2D eigenvalue weighted by Crippen LogP contribution is 2.29. The van der Waals surface area contributed by atoms with Crippen LogP contribution >= 0.6 is 0 Å². The van der Waals surface area contributed by atoms with Gasteiger partial charge in [-0.25, -0.2) is 14.6 Å². The molecule has 4 atom stereocenters. The van der Waals surface area contributed by atoms with E-state index in [1.807, 2.05) is 84.0 Å². The fourth-order valence-electron chi connectivity index (χ4n) is 7.03. The van der Waals surface area contributed by atoms with Gasteiger partial charge in [-0.15, -0.1) is 0 Å². The average Bonchev–Trinajstić information content (AvgIpc) is 3.50. The molecule has 0 radical (unpaired) electrons. The number of pyridine rings is 1. The van der Waals surface area contributed by atoms with E-state index in [9.17, 15) is 29.4 Å². The highest BCUT2D eigenvalue weighted by molar-refractivity contribution is 5.89. The third kappa shape index (κ3) is 13.1. The Kier molecular flexibility index (Phi) is 15.5. The maximum absolute atomic E-state index is 14.6. The number of benzene rings is 2. The maximum Gasteiger partial charge on any atom is 0.407 e. The number of hydrogen-bond acceptors (Lipinski definition) is 10. The Morgan fingerprint density at radius 2 is 1.49 bits per heavy atom. The number of amides is 5. The molecule has 15 nitrogen and oxygen atoms in total. The normalized spacial score (nSPS) is 15.6. The Morgan fingerprint density at radius 3 is 2.07 bits per heavy atom. The Bertz CT molecular complexity index is 1870. The van der Waals surface area contributed by atoms with E-state index in [1.165, 1.54) is 7.11 Å². The first kappa shape index (κ1) is 46.4. The predicted octanol–water partition coefficient (Wildman–Crippen LogP) is 4.36. The summed E-state index contributed by atoms with van der Waals surface area (Å²) in [5, 5.41) is 29.9. The van der Waals surface area contributed by atoms with E-state index in [4.69, 9.17) is 9.47 Å². The van der Waals surface area contributed by atoms with Crippen LogP contribution in [0.4, 0.5) is 9.59 Å². The number of rotatable bonds is 17. The summed E-state index contributed by atoms with van der Waals surface area (Å²) in [5.74, 6) is -0.315. The lowest BCUT2D eigenvalue weighted by molar-refractivity contribution is -0.133. The number of hydrazine groups is 1. The van der Waals surface area contributed by atoms with Gasteiger partial charge in [0.2, 0.25) is 5.91 Å². The van der Waals surface area contributed by atoms with Crippen molar-refractivity contribution in [2.75, 3.05) is 33.9 Å². The minimum absolute atomic E-state index is 0.127. The van der Waals surface area contributed by atoms with Crippen LogP contribution in [0.3, 0.4) is 0 Å². The molecule has 1 aliphatic heterocycles. The van der Waals surface area contributed by atoms with Crippen molar-refractivity contribution in [1.82, 2.24) is 35.9 Å². The smallest absolute Gasteiger partial charge is 0.407 e. The molecular formula is C44H63N7O8. The molecule has 1 saturated heterocycles. The molecule has 2 aromatic carbocycles. The van der Waals surface area contributed by atoms with Gasteiger partial charge in [0.05, 0.1) is 44.3 Å². The molecule has 1 aliphatic rings. The number of aliphatic hydroxyl groups excluding tert-OH is 1. The highest BCUT2D eigenvalue weighted by Gasteiger charge is 2.44. The second-order valence-electron chi connectivity index (χ2n) is 17.8. The molecule has 59 heavy (non-hydrogen) atoms. The first-order chi connectivity index (χ1) is 27.6. The van der Waals surface area contributed by atoms with Crippen LogP contribution in [0, 0.1) is 10.8 Å². The average molecular weight is 818 g/mol. The van der Waals surface area contributed by atoms with Crippen molar-refractivity contribution in [3.05, 3.63) is 95.3 Å². The fourth-order valence-corrected chi connectivity index (χ4v) is 7.03. The minimum Gasteiger partial charge on any atom is -0.497 e. The molecule has 2 heterocycles. The topological polar surface area (TPSA) is 186 Å². The van der Waals surface area contributed by atoms with Crippen LogP contribution in [0.5, 0.6) is 5.75 Å². The zero-order valence-corrected chi connectivity index (χ0v) is 36.1. The number of urea groups is 1. The number of aliphatic hydroxyl groups is 2. The number of ether oxygens (including phenoxy) is 2. The standard InChI is InChI=1S/C44H63N7O8/c1-42(2,3)36(47-40(55)59-10)38(53)48-50(26-30-19-21-32(58-9)22-20-30)28-34(52)33(25-29-15-12-11-13-16-29)46-39(54)37(43(4,5)6)51-24-23-49(41(51)56)27-31-17-14-18-35(45-31)44(7,8)57/h11-22,33-34,36-37,52,57H,23-28H2,1-10H3,(H,46,54)(H,47,55)(H,48,53)/t33-,34-,36+,37+/m0/s1. The lowest BCUT2D eigenvalue weighted by Crippen LogP contribution is -2.61. The van der Waals surface area contributed by atoms with Crippen molar-refractivity contribution in [3.8, 4) is 5.75 Å². The molecule has 322 valence electrons. The SMILES string of the molecule is COC(=O)N[C@H](C(=O)NN(Cc1ccc(OC)cc1)C[C@H](O)[C@H](Cc1ccccc1)NC(=O)[C@@H](N1CCN(Cc2cccc(C(C)(C)O)n2)C1=O)C(C)(C)C)C(C)(C)C. The summed E-state index contributed by atoms with van der Waals surface area (Å²) in [6, 6.07) is 18.9. The Hall–Kier alpha value is -5.25. The predicted molar refractivity (Wildman–Crippen MR) is 224 cm³/mol. The van der Waals surface area contributed by atoms with Gasteiger partial charge >= 0.3 is 12.1 Å². The number of carbonyl (C=O) groups excluding carboxylic acids is 4. The van der Waals surface area contributed by atoms with Crippen molar-refractivity contribution in [1.29, 1.82) is 0 Å². The van der Waals surface area contributed by atoms with Gasteiger partial charge in [-0.05, 0) is 66.5 Å². The third-order valence-electron chi connectivity index (χ3n) is 10.2. The molecule has 5 amide bonds. The zero-order chi connectivity index (χ0) is 43.7. The molecule has 5 N–H and O–H groups in total. The van der Waals surface area contributed by atoms with E-state index in [1.54, 1.807) is 66.1 Å². The van der Waals surface area contributed by atoms with E-state index >= 15 is 0 Å². The number of nitrogens with zero attached hydrogens (tertiary/aromatic N) is 4. The third-order valence-corrected chi connectivity index (χ3v) is 10.2. The summed E-state index contributed by atoms with van der Waals surface area (Å²) in [7, 11) is 2.79. The molecule has 1 fully saturated rings. The fraction of sp³-hybridized carbons (Fsp3) is 0.523. The summed E-state index contributed by atoms with van der Waals surface area (Å²) >= 11 is 0. The molecule has 0 spiro atoms. The second kappa shape index (κ2) is 19.7. The van der Waals surface area contributed by atoms with E-state index < -0.39 is 58.6 Å². The molecule has 3 aromatic rings. The monoisotopic (exact) mass is 817 g/mol. The van der Waals surface area contributed by atoms with Crippen LogP contribution in [0.1, 0.15) is 77.9 Å². The van der Waals surface area contributed by atoms with Gasteiger partial charge in [-0.2, -0.15) is 0 Å². The molecule has 0 saturated carbocycles.